The fourth-order valence-electron chi connectivity index (χ4n) is 3.04. The van der Waals surface area contributed by atoms with Gasteiger partial charge in [-0.25, -0.2) is 0 Å². The lowest BCUT2D eigenvalue weighted by atomic mass is 10.1. The number of methoxy groups -OCH3 is 1. The van der Waals surface area contributed by atoms with Gasteiger partial charge in [-0.2, -0.15) is 0 Å². The van der Waals surface area contributed by atoms with Crippen molar-refractivity contribution in [2.45, 2.75) is 18.6 Å². The zero-order valence-corrected chi connectivity index (χ0v) is 12.6. The zero-order valence-electron chi connectivity index (χ0n) is 11.0. The second-order valence-corrected chi connectivity index (χ2v) is 6.11. The van der Waals surface area contributed by atoms with E-state index in [-0.39, 0.29) is 6.10 Å². The Labute approximate surface area is 126 Å². The van der Waals surface area contributed by atoms with Gasteiger partial charge in [0.15, 0.2) is 0 Å². The Balaban J connectivity index is 1.74. The summed E-state index contributed by atoms with van der Waals surface area (Å²) in [6, 6.07) is 12.6. The number of anilines is 1. The highest BCUT2D eigenvalue weighted by Gasteiger charge is 2.38. The van der Waals surface area contributed by atoms with Crippen LogP contribution >= 0.6 is 15.9 Å². The molecule has 4 rings (SSSR count). The molecule has 2 aromatic rings. The number of fused-ring (bicyclic) bond motifs is 4. The Morgan fingerprint density at radius 1 is 1.25 bits per heavy atom. The lowest BCUT2D eigenvalue weighted by molar-refractivity contribution is 0.183. The van der Waals surface area contributed by atoms with Crippen LogP contribution in [0.2, 0.25) is 0 Å². The van der Waals surface area contributed by atoms with Crippen LogP contribution in [0, 0.1) is 0 Å². The van der Waals surface area contributed by atoms with E-state index in [0.717, 1.165) is 28.1 Å². The van der Waals surface area contributed by atoms with Crippen molar-refractivity contribution in [1.82, 2.24) is 0 Å². The van der Waals surface area contributed by atoms with Gasteiger partial charge in [-0.15, -0.1) is 0 Å². The van der Waals surface area contributed by atoms with Crippen LogP contribution < -0.4 is 14.8 Å². The molecule has 2 aliphatic rings. The average molecular weight is 332 g/mol. The molecule has 2 unspecified atom stereocenters. The maximum atomic E-state index is 6.20. The second kappa shape index (κ2) is 4.42. The number of benzene rings is 2. The summed E-state index contributed by atoms with van der Waals surface area (Å²) in [7, 11) is 1.70. The number of hydrogen-bond acceptors (Lipinski definition) is 3. The topological polar surface area (TPSA) is 30.5 Å². The summed E-state index contributed by atoms with van der Waals surface area (Å²) in [6.07, 6.45) is 1.05. The molecule has 1 aliphatic carbocycles. The van der Waals surface area contributed by atoms with Crippen molar-refractivity contribution >= 4 is 21.6 Å². The molecular weight excluding hydrogens is 318 g/mol. The van der Waals surface area contributed by atoms with Crippen molar-refractivity contribution in [3.63, 3.8) is 0 Å². The summed E-state index contributed by atoms with van der Waals surface area (Å²) in [4.78, 5) is 0. The van der Waals surface area contributed by atoms with Crippen molar-refractivity contribution < 1.29 is 9.47 Å². The van der Waals surface area contributed by atoms with E-state index in [1.54, 1.807) is 7.11 Å². The molecule has 1 heterocycles. The highest BCUT2D eigenvalue weighted by molar-refractivity contribution is 9.10. The van der Waals surface area contributed by atoms with Gasteiger partial charge in [-0.3, -0.25) is 0 Å². The summed E-state index contributed by atoms with van der Waals surface area (Å²) in [6.45, 7) is 0. The fourth-order valence-corrected chi connectivity index (χ4v) is 3.40. The number of halogens is 1. The van der Waals surface area contributed by atoms with E-state index >= 15 is 0 Å². The first-order valence-corrected chi connectivity index (χ1v) is 7.43. The van der Waals surface area contributed by atoms with Crippen molar-refractivity contribution in [3.8, 4) is 11.5 Å². The van der Waals surface area contributed by atoms with E-state index in [2.05, 4.69) is 39.4 Å². The van der Waals surface area contributed by atoms with Gasteiger partial charge in [0.2, 0.25) is 0 Å². The molecule has 1 N–H and O–H groups in total. The normalized spacial score (nSPS) is 22.1. The molecule has 4 heteroatoms. The number of ether oxygens (including phenoxy) is 2. The fraction of sp³-hybridized carbons (Fsp3) is 0.250. The molecule has 0 saturated heterocycles. The Morgan fingerprint density at radius 2 is 2.15 bits per heavy atom. The van der Waals surface area contributed by atoms with Crippen LogP contribution in [0.4, 0.5) is 5.69 Å². The Kier molecular flexibility index (Phi) is 2.67. The third kappa shape index (κ3) is 1.79. The van der Waals surface area contributed by atoms with Gasteiger partial charge < -0.3 is 14.8 Å². The molecule has 2 atom stereocenters. The third-order valence-corrected chi connectivity index (χ3v) is 4.49. The molecule has 102 valence electrons. The number of hydrogen-bond donors (Lipinski definition) is 1. The van der Waals surface area contributed by atoms with Crippen LogP contribution in [0.1, 0.15) is 17.2 Å². The van der Waals surface area contributed by atoms with Crippen molar-refractivity contribution in [2.24, 2.45) is 0 Å². The SMILES string of the molecule is COc1ccc2c(c1)C1Oc3ccc(Br)cc3NC1C2. The molecule has 0 amide bonds. The standard InChI is InChI=1S/C16H14BrNO2/c1-19-11-4-2-9-6-14-16(12(9)8-11)20-15-5-3-10(17)7-13(15)18-14/h2-5,7-8,14,16,18H,6H2,1H3. The quantitative estimate of drug-likeness (QED) is 0.858. The molecule has 1 aliphatic heterocycles. The first-order valence-electron chi connectivity index (χ1n) is 6.64. The minimum absolute atomic E-state index is 0.0637. The predicted molar refractivity (Wildman–Crippen MR) is 81.6 cm³/mol. The summed E-state index contributed by atoms with van der Waals surface area (Å²) in [5.41, 5.74) is 3.62. The number of nitrogens with one attached hydrogen (secondary N) is 1. The average Bonchev–Trinajstić information content (AvgIpc) is 2.81. The Morgan fingerprint density at radius 3 is 3.00 bits per heavy atom. The molecule has 0 bridgehead atoms. The lowest BCUT2D eigenvalue weighted by Gasteiger charge is -2.31. The smallest absolute Gasteiger partial charge is 0.145 e. The summed E-state index contributed by atoms with van der Waals surface area (Å²) < 4.78 is 12.6. The predicted octanol–water partition coefficient (Wildman–Crippen LogP) is 3.93. The monoisotopic (exact) mass is 331 g/mol. The van der Waals surface area contributed by atoms with E-state index < -0.39 is 0 Å². The van der Waals surface area contributed by atoms with Crippen molar-refractivity contribution in [2.75, 3.05) is 12.4 Å². The Bertz CT molecular complexity index is 686. The molecule has 0 saturated carbocycles. The maximum absolute atomic E-state index is 6.20. The Hall–Kier alpha value is -1.68. The molecule has 0 fully saturated rings. The van der Waals surface area contributed by atoms with Gasteiger partial charge in [0.1, 0.15) is 17.6 Å². The molecule has 0 aromatic heterocycles. The first-order chi connectivity index (χ1) is 9.74. The van der Waals surface area contributed by atoms with E-state index in [9.17, 15) is 0 Å². The minimum atomic E-state index is 0.0637. The van der Waals surface area contributed by atoms with E-state index in [1.807, 2.05) is 18.2 Å². The van der Waals surface area contributed by atoms with Crippen LogP contribution in [-0.2, 0) is 6.42 Å². The van der Waals surface area contributed by atoms with Crippen LogP contribution in [0.3, 0.4) is 0 Å². The molecule has 2 aromatic carbocycles. The van der Waals surface area contributed by atoms with Crippen LogP contribution in [0.25, 0.3) is 0 Å². The summed E-state index contributed by atoms with van der Waals surface area (Å²) in [5, 5.41) is 3.59. The van der Waals surface area contributed by atoms with E-state index in [4.69, 9.17) is 9.47 Å². The highest BCUT2D eigenvalue weighted by Crippen LogP contribution is 2.45. The van der Waals surface area contributed by atoms with E-state index in [1.165, 1.54) is 11.1 Å². The third-order valence-electron chi connectivity index (χ3n) is 4.00. The molecular formula is C16H14BrNO2. The van der Waals surface area contributed by atoms with Crippen LogP contribution in [0.5, 0.6) is 11.5 Å². The van der Waals surface area contributed by atoms with Gasteiger partial charge in [-0.05, 0) is 42.3 Å². The molecule has 0 spiro atoms. The van der Waals surface area contributed by atoms with Crippen LogP contribution in [0.15, 0.2) is 40.9 Å². The summed E-state index contributed by atoms with van der Waals surface area (Å²) in [5.74, 6) is 1.79. The van der Waals surface area contributed by atoms with Crippen LogP contribution in [-0.4, -0.2) is 13.2 Å². The van der Waals surface area contributed by atoms with E-state index in [0.29, 0.717) is 6.04 Å². The van der Waals surface area contributed by atoms with Gasteiger partial charge in [0.25, 0.3) is 0 Å². The van der Waals surface area contributed by atoms with Crippen molar-refractivity contribution in [3.05, 3.63) is 52.0 Å². The second-order valence-electron chi connectivity index (χ2n) is 5.20. The minimum Gasteiger partial charge on any atom is -0.497 e. The lowest BCUT2D eigenvalue weighted by Crippen LogP contribution is -2.32. The van der Waals surface area contributed by atoms with Gasteiger partial charge >= 0.3 is 0 Å². The first kappa shape index (κ1) is 12.1. The molecule has 3 nitrogen and oxygen atoms in total. The van der Waals surface area contributed by atoms with Crippen molar-refractivity contribution in [1.29, 1.82) is 0 Å². The number of rotatable bonds is 1. The molecule has 20 heavy (non-hydrogen) atoms. The largest absolute Gasteiger partial charge is 0.497 e. The zero-order chi connectivity index (χ0) is 13.7. The van der Waals surface area contributed by atoms with Gasteiger partial charge in [0, 0.05) is 10.0 Å². The van der Waals surface area contributed by atoms with Gasteiger partial charge in [-0.1, -0.05) is 22.0 Å². The molecule has 0 radical (unpaired) electrons. The van der Waals surface area contributed by atoms with Gasteiger partial charge in [0.05, 0.1) is 18.8 Å². The highest BCUT2D eigenvalue weighted by atomic mass is 79.9. The maximum Gasteiger partial charge on any atom is 0.145 e. The summed E-state index contributed by atoms with van der Waals surface area (Å²) >= 11 is 3.50.